The summed E-state index contributed by atoms with van der Waals surface area (Å²) in [6, 6.07) is 10.8. The number of nitrogens with zero attached hydrogens (tertiary/aromatic N) is 6. The van der Waals surface area contributed by atoms with E-state index in [4.69, 9.17) is 9.26 Å². The normalized spacial score (nSPS) is 20.0. The lowest BCUT2D eigenvalue weighted by Gasteiger charge is -2.35. The molecule has 0 unspecified atom stereocenters. The number of hydrogen-bond donors (Lipinski definition) is 1. The number of aliphatic hydroxyl groups is 1. The molecule has 37 heavy (non-hydrogen) atoms. The highest BCUT2D eigenvalue weighted by molar-refractivity contribution is 5.93. The first-order valence-electron chi connectivity index (χ1n) is 12.5. The lowest BCUT2D eigenvalue weighted by Crippen LogP contribution is -2.47. The maximum atomic E-state index is 13.2. The standard InChI is InChI=1S/C26H34N6O5/c1-18-13-32(19(2)16-33)25(34)10-7-11-31-14-21(27-29-31)17-36-24(18)15-30(3)26(35)22-12-23(37-28-22)20-8-5-4-6-9-20/h4-6,8-9,12,14,18-19,24,33H,7,10-11,13,15-17H2,1-3H3/t18-,19-,24-/m1/s1. The highest BCUT2D eigenvalue weighted by Gasteiger charge is 2.29. The molecule has 2 aromatic heterocycles. The van der Waals surface area contributed by atoms with Crippen LogP contribution in [0, 0.1) is 5.92 Å². The Morgan fingerprint density at radius 3 is 2.84 bits per heavy atom. The van der Waals surface area contributed by atoms with Gasteiger partial charge in [0.1, 0.15) is 5.69 Å². The summed E-state index contributed by atoms with van der Waals surface area (Å²) < 4.78 is 13.3. The van der Waals surface area contributed by atoms with Crippen molar-refractivity contribution in [3.63, 3.8) is 0 Å². The van der Waals surface area contributed by atoms with Gasteiger partial charge in [0.05, 0.1) is 31.6 Å². The fourth-order valence-corrected chi connectivity index (χ4v) is 4.36. The van der Waals surface area contributed by atoms with Crippen molar-refractivity contribution in [1.82, 2.24) is 30.0 Å². The van der Waals surface area contributed by atoms with Crippen molar-refractivity contribution in [3.8, 4) is 11.3 Å². The summed E-state index contributed by atoms with van der Waals surface area (Å²) >= 11 is 0. The van der Waals surface area contributed by atoms with Crippen molar-refractivity contribution in [1.29, 1.82) is 0 Å². The highest BCUT2D eigenvalue weighted by Crippen LogP contribution is 2.22. The number of likely N-dealkylation sites (N-methyl/N-ethyl adjacent to an activating group) is 1. The molecule has 2 bridgehead atoms. The molecule has 4 rings (SSSR count). The molecule has 0 radical (unpaired) electrons. The molecule has 0 aliphatic carbocycles. The third-order valence-electron chi connectivity index (χ3n) is 6.63. The summed E-state index contributed by atoms with van der Waals surface area (Å²) in [5.74, 6) is 0.0416. The van der Waals surface area contributed by atoms with Gasteiger partial charge in [-0.2, -0.15) is 0 Å². The number of hydrogen-bond acceptors (Lipinski definition) is 8. The van der Waals surface area contributed by atoms with E-state index >= 15 is 0 Å². The van der Waals surface area contributed by atoms with E-state index in [-0.39, 0.29) is 49.2 Å². The second kappa shape index (κ2) is 12.1. The van der Waals surface area contributed by atoms with Crippen molar-refractivity contribution < 1.29 is 24.0 Å². The SMILES string of the molecule is C[C@@H]1CN([C@H](C)CO)C(=O)CCCn2cc(nn2)CO[C@@H]1CN(C)C(=O)c1cc(-c2ccccc2)on1. The number of rotatable bonds is 6. The van der Waals surface area contributed by atoms with Crippen molar-refractivity contribution in [2.45, 2.75) is 52.0 Å². The molecule has 1 N–H and O–H groups in total. The van der Waals surface area contributed by atoms with Gasteiger partial charge in [-0.15, -0.1) is 5.10 Å². The molecule has 0 saturated heterocycles. The molecular weight excluding hydrogens is 476 g/mol. The summed E-state index contributed by atoms with van der Waals surface area (Å²) in [5, 5.41) is 22.0. The zero-order chi connectivity index (χ0) is 26.4. The molecule has 11 heteroatoms. The maximum absolute atomic E-state index is 13.2. The van der Waals surface area contributed by atoms with E-state index in [0.29, 0.717) is 37.4 Å². The fourth-order valence-electron chi connectivity index (χ4n) is 4.36. The van der Waals surface area contributed by atoms with Crippen LogP contribution in [0.2, 0.25) is 0 Å². The van der Waals surface area contributed by atoms with Crippen LogP contribution in [0.4, 0.5) is 0 Å². The van der Waals surface area contributed by atoms with Crippen molar-refractivity contribution >= 4 is 11.8 Å². The zero-order valence-corrected chi connectivity index (χ0v) is 21.5. The Kier molecular flexibility index (Phi) is 8.67. The van der Waals surface area contributed by atoms with Gasteiger partial charge in [-0.3, -0.25) is 14.3 Å². The average Bonchev–Trinajstić information content (AvgIpc) is 3.58. The number of aryl methyl sites for hydroxylation is 1. The van der Waals surface area contributed by atoms with Gasteiger partial charge in [-0.1, -0.05) is 47.6 Å². The fraction of sp³-hybridized carbons (Fsp3) is 0.500. The summed E-state index contributed by atoms with van der Waals surface area (Å²) in [7, 11) is 1.69. The minimum absolute atomic E-state index is 0.0350. The molecule has 1 aliphatic rings. The minimum atomic E-state index is -0.415. The number of carbonyl (C=O) groups excluding carboxylic acids is 2. The number of aromatic nitrogens is 4. The predicted molar refractivity (Wildman–Crippen MR) is 134 cm³/mol. The van der Waals surface area contributed by atoms with Crippen LogP contribution in [0.3, 0.4) is 0 Å². The first-order chi connectivity index (χ1) is 17.9. The van der Waals surface area contributed by atoms with Crippen LogP contribution in [0.5, 0.6) is 0 Å². The number of ether oxygens (including phenoxy) is 1. The van der Waals surface area contributed by atoms with Crippen molar-refractivity contribution in [3.05, 3.63) is 54.0 Å². The van der Waals surface area contributed by atoms with Crippen molar-refractivity contribution in [2.24, 2.45) is 5.92 Å². The van der Waals surface area contributed by atoms with E-state index in [1.165, 1.54) is 0 Å². The number of benzene rings is 1. The summed E-state index contributed by atoms with van der Waals surface area (Å²) in [6.07, 6.45) is 2.36. The predicted octanol–water partition coefficient (Wildman–Crippen LogP) is 2.23. The Labute approximate surface area is 216 Å². The molecule has 1 aliphatic heterocycles. The third kappa shape index (κ3) is 6.60. The van der Waals surface area contributed by atoms with Gasteiger partial charge in [0, 0.05) is 50.7 Å². The first kappa shape index (κ1) is 26.5. The second-order valence-electron chi connectivity index (χ2n) is 9.61. The Bertz CT molecular complexity index is 1180. The monoisotopic (exact) mass is 510 g/mol. The lowest BCUT2D eigenvalue weighted by atomic mass is 10.0. The molecule has 1 aromatic carbocycles. The number of aliphatic hydroxyl groups excluding tert-OH is 1. The lowest BCUT2D eigenvalue weighted by molar-refractivity contribution is -0.136. The molecule has 2 amide bonds. The van der Waals surface area contributed by atoms with E-state index in [9.17, 15) is 14.7 Å². The van der Waals surface area contributed by atoms with Crippen molar-refractivity contribution in [2.75, 3.05) is 26.7 Å². The van der Waals surface area contributed by atoms with Gasteiger partial charge in [0.2, 0.25) is 5.91 Å². The van der Waals surface area contributed by atoms with Gasteiger partial charge in [0.25, 0.3) is 5.91 Å². The van der Waals surface area contributed by atoms with Gasteiger partial charge in [0.15, 0.2) is 11.5 Å². The van der Waals surface area contributed by atoms with Crippen LogP contribution in [-0.2, 0) is 22.7 Å². The number of fused-ring (bicyclic) bond motifs is 2. The van der Waals surface area contributed by atoms with Crippen LogP contribution in [0.15, 0.2) is 47.1 Å². The Hall–Kier alpha value is -3.57. The molecule has 3 aromatic rings. The van der Waals surface area contributed by atoms with Crippen LogP contribution in [-0.4, -0.2) is 85.8 Å². The second-order valence-corrected chi connectivity index (χ2v) is 9.61. The molecular formula is C26H34N6O5. The van der Waals surface area contributed by atoms with E-state index < -0.39 is 6.10 Å². The van der Waals surface area contributed by atoms with Crippen LogP contribution in [0.1, 0.15) is 42.9 Å². The highest BCUT2D eigenvalue weighted by atomic mass is 16.5. The van der Waals surface area contributed by atoms with Crippen LogP contribution in [0.25, 0.3) is 11.3 Å². The minimum Gasteiger partial charge on any atom is -0.394 e. The number of carbonyl (C=O) groups is 2. The third-order valence-corrected chi connectivity index (χ3v) is 6.63. The topological polar surface area (TPSA) is 127 Å². The van der Waals surface area contributed by atoms with E-state index in [1.807, 2.05) is 50.4 Å². The number of amides is 2. The quantitative estimate of drug-likeness (QED) is 0.535. The van der Waals surface area contributed by atoms with Gasteiger partial charge in [-0.05, 0) is 13.3 Å². The summed E-state index contributed by atoms with van der Waals surface area (Å²) in [4.78, 5) is 29.5. The van der Waals surface area contributed by atoms with Gasteiger partial charge in [-0.25, -0.2) is 0 Å². The molecule has 0 saturated carbocycles. The Morgan fingerprint density at radius 1 is 1.30 bits per heavy atom. The van der Waals surface area contributed by atoms with Crippen LogP contribution < -0.4 is 0 Å². The molecule has 11 nitrogen and oxygen atoms in total. The summed E-state index contributed by atoms with van der Waals surface area (Å²) in [6.45, 7) is 5.11. The van der Waals surface area contributed by atoms with E-state index in [0.717, 1.165) is 5.56 Å². The first-order valence-corrected chi connectivity index (χ1v) is 12.5. The molecule has 0 fully saturated rings. The summed E-state index contributed by atoms with van der Waals surface area (Å²) in [5.41, 5.74) is 1.72. The van der Waals surface area contributed by atoms with Gasteiger partial charge >= 0.3 is 0 Å². The van der Waals surface area contributed by atoms with Crippen LogP contribution >= 0.6 is 0 Å². The maximum Gasteiger partial charge on any atom is 0.275 e. The molecule has 3 atom stereocenters. The Morgan fingerprint density at radius 2 is 2.08 bits per heavy atom. The average molecular weight is 511 g/mol. The molecule has 3 heterocycles. The smallest absolute Gasteiger partial charge is 0.275 e. The largest absolute Gasteiger partial charge is 0.394 e. The Balaban J connectivity index is 1.51. The van der Waals surface area contributed by atoms with Gasteiger partial charge < -0.3 is 24.2 Å². The van der Waals surface area contributed by atoms with E-state index in [1.54, 1.807) is 27.6 Å². The zero-order valence-electron chi connectivity index (χ0n) is 21.5. The molecule has 0 spiro atoms. The molecule has 198 valence electrons. The van der Waals surface area contributed by atoms with E-state index in [2.05, 4.69) is 15.5 Å².